The summed E-state index contributed by atoms with van der Waals surface area (Å²) in [5.74, 6) is 0.345. The Balaban J connectivity index is 2.03. The van der Waals surface area contributed by atoms with Gasteiger partial charge < -0.3 is 5.73 Å². The number of nitrogens with zero attached hydrogens (tertiary/aromatic N) is 1. The molecule has 1 aromatic carbocycles. The first kappa shape index (κ1) is 13.1. The summed E-state index contributed by atoms with van der Waals surface area (Å²) >= 11 is 4.88. The van der Waals surface area contributed by atoms with Crippen molar-refractivity contribution in [2.75, 3.05) is 11.5 Å². The lowest BCUT2D eigenvalue weighted by Crippen LogP contribution is -2.06. The molecular weight excluding hydrogens is 312 g/mol. The maximum atomic E-state index is 12.0. The molecule has 18 heavy (non-hydrogen) atoms. The Morgan fingerprint density at radius 1 is 1.39 bits per heavy atom. The van der Waals surface area contributed by atoms with Gasteiger partial charge in [-0.25, -0.2) is 0 Å². The number of hydrogen-bond donors (Lipinski definition) is 1. The minimum Gasteiger partial charge on any atom is -0.398 e. The van der Waals surface area contributed by atoms with Crippen LogP contribution in [0.5, 0.6) is 0 Å². The van der Waals surface area contributed by atoms with Crippen molar-refractivity contribution in [3.05, 3.63) is 52.8 Å². The van der Waals surface area contributed by atoms with Gasteiger partial charge in [0.25, 0.3) is 0 Å². The molecule has 0 unspecified atom stereocenters. The van der Waals surface area contributed by atoms with Crippen LogP contribution in [0.3, 0.4) is 0 Å². The number of nitrogens with two attached hydrogens (primary N) is 1. The molecule has 0 aliphatic heterocycles. The molecule has 5 heteroatoms. The predicted octanol–water partition coefficient (Wildman–Crippen LogP) is 3.40. The van der Waals surface area contributed by atoms with Crippen molar-refractivity contribution in [3.8, 4) is 0 Å². The van der Waals surface area contributed by atoms with Crippen molar-refractivity contribution in [1.29, 1.82) is 0 Å². The fourth-order valence-electron chi connectivity index (χ4n) is 1.42. The Morgan fingerprint density at radius 2 is 2.22 bits per heavy atom. The van der Waals surface area contributed by atoms with Gasteiger partial charge in [0.1, 0.15) is 0 Å². The molecule has 2 N–H and O–H groups in total. The monoisotopic (exact) mass is 322 g/mol. The number of carbonyl (C=O) groups is 1. The van der Waals surface area contributed by atoms with Gasteiger partial charge in [0, 0.05) is 27.4 Å². The van der Waals surface area contributed by atoms with E-state index in [1.54, 1.807) is 12.3 Å². The highest BCUT2D eigenvalue weighted by molar-refractivity contribution is 9.10. The van der Waals surface area contributed by atoms with Gasteiger partial charge in [-0.15, -0.1) is 11.8 Å². The predicted molar refractivity (Wildman–Crippen MR) is 77.8 cm³/mol. The molecule has 2 aromatic rings. The second-order valence-electron chi connectivity index (χ2n) is 3.63. The van der Waals surface area contributed by atoms with Gasteiger partial charge in [-0.3, -0.25) is 9.78 Å². The lowest BCUT2D eigenvalue weighted by molar-refractivity contribution is 0.102. The number of Topliss-reactive ketones (excluding diaryl/α,β-unsaturated/α-hetero) is 1. The largest absolute Gasteiger partial charge is 0.398 e. The average molecular weight is 323 g/mol. The third-order valence-electron chi connectivity index (χ3n) is 2.32. The van der Waals surface area contributed by atoms with Gasteiger partial charge in [0.05, 0.1) is 11.3 Å². The van der Waals surface area contributed by atoms with Crippen molar-refractivity contribution in [3.63, 3.8) is 0 Å². The Morgan fingerprint density at radius 3 is 2.94 bits per heavy atom. The molecule has 0 atom stereocenters. The zero-order valence-corrected chi connectivity index (χ0v) is 11.9. The van der Waals surface area contributed by atoms with Crippen LogP contribution < -0.4 is 5.73 Å². The fourth-order valence-corrected chi connectivity index (χ4v) is 2.81. The number of nitrogen functional groups attached to an aromatic ring is 1. The normalized spacial score (nSPS) is 10.3. The highest BCUT2D eigenvalue weighted by atomic mass is 79.9. The van der Waals surface area contributed by atoms with E-state index >= 15 is 0 Å². The number of hydrogen-bond acceptors (Lipinski definition) is 4. The van der Waals surface area contributed by atoms with E-state index in [0.717, 1.165) is 9.37 Å². The van der Waals surface area contributed by atoms with Crippen LogP contribution in [0.15, 0.2) is 52.1 Å². The van der Waals surface area contributed by atoms with Crippen LogP contribution >= 0.6 is 27.7 Å². The van der Waals surface area contributed by atoms with Gasteiger partial charge in [-0.05, 0) is 24.3 Å². The van der Waals surface area contributed by atoms with E-state index in [0.29, 0.717) is 17.0 Å². The van der Waals surface area contributed by atoms with Crippen molar-refractivity contribution in [1.82, 2.24) is 4.98 Å². The van der Waals surface area contributed by atoms with Crippen LogP contribution in [-0.4, -0.2) is 16.5 Å². The van der Waals surface area contributed by atoms with Crippen molar-refractivity contribution >= 4 is 39.2 Å². The van der Waals surface area contributed by atoms with E-state index in [9.17, 15) is 4.79 Å². The third-order valence-corrected chi connectivity index (χ3v) is 3.81. The number of halogens is 1. The maximum Gasteiger partial charge on any atom is 0.176 e. The molecule has 3 nitrogen and oxygen atoms in total. The third kappa shape index (κ3) is 3.34. The lowest BCUT2D eigenvalue weighted by Gasteiger charge is -2.04. The first-order valence-electron chi connectivity index (χ1n) is 5.28. The molecule has 0 spiro atoms. The summed E-state index contributed by atoms with van der Waals surface area (Å²) in [7, 11) is 0. The fraction of sp³-hybridized carbons (Fsp3) is 0.0769. The molecule has 1 heterocycles. The standard InChI is InChI=1S/C13H11BrN2OS/c14-9-2-1-3-10(6-9)18-8-13(17)11-7-16-5-4-12(11)15/h1-7H,8H2,(H2,15,16). The molecular formula is C13H11BrN2OS. The zero-order chi connectivity index (χ0) is 13.0. The van der Waals surface area contributed by atoms with Gasteiger partial charge in [-0.2, -0.15) is 0 Å². The van der Waals surface area contributed by atoms with Crippen LogP contribution in [0.2, 0.25) is 0 Å². The number of aromatic nitrogens is 1. The van der Waals surface area contributed by atoms with Gasteiger partial charge in [0.2, 0.25) is 0 Å². The number of carbonyl (C=O) groups excluding carboxylic acids is 1. The summed E-state index contributed by atoms with van der Waals surface area (Å²) in [4.78, 5) is 16.9. The van der Waals surface area contributed by atoms with Crippen LogP contribution in [0.25, 0.3) is 0 Å². The van der Waals surface area contributed by atoms with Crippen LogP contribution in [-0.2, 0) is 0 Å². The zero-order valence-electron chi connectivity index (χ0n) is 9.47. The van der Waals surface area contributed by atoms with E-state index in [4.69, 9.17) is 5.73 Å². The summed E-state index contributed by atoms with van der Waals surface area (Å²) in [6.45, 7) is 0. The summed E-state index contributed by atoms with van der Waals surface area (Å²) in [6, 6.07) is 9.47. The van der Waals surface area contributed by atoms with Crippen LogP contribution in [0.4, 0.5) is 5.69 Å². The SMILES string of the molecule is Nc1ccncc1C(=O)CSc1cccc(Br)c1. The molecule has 92 valence electrons. The molecule has 1 aromatic heterocycles. The molecule has 0 aliphatic rings. The van der Waals surface area contributed by atoms with E-state index in [1.165, 1.54) is 18.0 Å². The number of benzene rings is 1. The molecule has 0 fully saturated rings. The minimum atomic E-state index is -0.00873. The topological polar surface area (TPSA) is 56.0 Å². The molecule has 0 bridgehead atoms. The number of ketones is 1. The van der Waals surface area contributed by atoms with Crippen molar-refractivity contribution in [2.24, 2.45) is 0 Å². The molecule has 0 radical (unpaired) electrons. The van der Waals surface area contributed by atoms with E-state index < -0.39 is 0 Å². The van der Waals surface area contributed by atoms with Crippen molar-refractivity contribution in [2.45, 2.75) is 4.90 Å². The maximum absolute atomic E-state index is 12.0. The van der Waals surface area contributed by atoms with Gasteiger partial charge in [-0.1, -0.05) is 22.0 Å². The molecule has 0 aliphatic carbocycles. The number of rotatable bonds is 4. The average Bonchev–Trinajstić information content (AvgIpc) is 2.37. The van der Waals surface area contributed by atoms with E-state index in [2.05, 4.69) is 20.9 Å². The summed E-state index contributed by atoms with van der Waals surface area (Å²) in [5, 5.41) is 0. The molecule has 0 amide bonds. The Kier molecular flexibility index (Phi) is 4.38. The van der Waals surface area contributed by atoms with Crippen LogP contribution in [0.1, 0.15) is 10.4 Å². The molecule has 0 saturated heterocycles. The second-order valence-corrected chi connectivity index (χ2v) is 5.60. The summed E-state index contributed by atoms with van der Waals surface area (Å²) in [6.07, 6.45) is 3.09. The summed E-state index contributed by atoms with van der Waals surface area (Å²) in [5.41, 5.74) is 6.70. The highest BCUT2D eigenvalue weighted by Crippen LogP contribution is 2.23. The highest BCUT2D eigenvalue weighted by Gasteiger charge is 2.10. The number of anilines is 1. The molecule has 2 rings (SSSR count). The van der Waals surface area contributed by atoms with Gasteiger partial charge >= 0.3 is 0 Å². The molecule has 0 saturated carbocycles. The number of thioether (sulfide) groups is 1. The van der Waals surface area contributed by atoms with Crippen LogP contribution in [0, 0.1) is 0 Å². The Labute approximate surface area is 118 Å². The Hall–Kier alpha value is -1.33. The first-order chi connectivity index (χ1) is 8.66. The smallest absolute Gasteiger partial charge is 0.176 e. The lowest BCUT2D eigenvalue weighted by atomic mass is 10.2. The van der Waals surface area contributed by atoms with Crippen molar-refractivity contribution < 1.29 is 4.79 Å². The van der Waals surface area contributed by atoms with E-state index in [1.807, 2.05) is 24.3 Å². The summed E-state index contributed by atoms with van der Waals surface area (Å²) < 4.78 is 1.00. The van der Waals surface area contributed by atoms with E-state index in [-0.39, 0.29) is 5.78 Å². The van der Waals surface area contributed by atoms with Gasteiger partial charge in [0.15, 0.2) is 5.78 Å². The first-order valence-corrected chi connectivity index (χ1v) is 7.06. The second kappa shape index (κ2) is 6.02. The number of pyridine rings is 1. The minimum absolute atomic E-state index is 0.00873. The Bertz CT molecular complexity index is 574. The quantitative estimate of drug-likeness (QED) is 0.692.